The largest absolute Gasteiger partial charge is 0.493 e. The van der Waals surface area contributed by atoms with Crippen molar-refractivity contribution < 1.29 is 23.8 Å². The number of aryl methyl sites for hydroxylation is 1. The minimum Gasteiger partial charge on any atom is -0.493 e. The average molecular weight is 510 g/mol. The number of nitrogens with one attached hydrogen (secondary N) is 3. The molecule has 3 unspecified atom stereocenters. The van der Waals surface area contributed by atoms with Gasteiger partial charge in [-0.25, -0.2) is 14.4 Å². The quantitative estimate of drug-likeness (QED) is 0.369. The van der Waals surface area contributed by atoms with Gasteiger partial charge in [0.15, 0.2) is 0 Å². The summed E-state index contributed by atoms with van der Waals surface area (Å²) < 4.78 is 20.3. The molecule has 0 bridgehead atoms. The molecule has 2 aliphatic rings. The van der Waals surface area contributed by atoms with Crippen molar-refractivity contribution in [3.05, 3.63) is 41.6 Å². The van der Waals surface area contributed by atoms with Crippen molar-refractivity contribution in [3.8, 4) is 17.0 Å². The highest BCUT2D eigenvalue weighted by Crippen LogP contribution is 2.37. The third-order valence-electron chi connectivity index (χ3n) is 7.36. The fourth-order valence-corrected chi connectivity index (χ4v) is 5.16. The van der Waals surface area contributed by atoms with E-state index < -0.39 is 12.4 Å². The Kier molecular flexibility index (Phi) is 7.10. The number of halogens is 1. The molecule has 10 heteroatoms. The van der Waals surface area contributed by atoms with Crippen molar-refractivity contribution in [2.45, 2.75) is 58.0 Å². The van der Waals surface area contributed by atoms with Gasteiger partial charge in [0.05, 0.1) is 17.7 Å². The molecule has 196 valence electrons. The molecule has 0 spiro atoms. The minimum absolute atomic E-state index is 0.0180. The maximum Gasteiger partial charge on any atom is 0.255 e. The second-order valence-corrected chi connectivity index (χ2v) is 10.3. The van der Waals surface area contributed by atoms with E-state index in [1.807, 2.05) is 6.92 Å². The lowest BCUT2D eigenvalue weighted by atomic mass is 9.82. The molecule has 2 aliphatic carbocycles. The van der Waals surface area contributed by atoms with E-state index >= 15 is 0 Å². The van der Waals surface area contributed by atoms with Crippen LogP contribution in [-0.2, 0) is 4.79 Å². The number of aliphatic hydroxyl groups is 1. The Labute approximate surface area is 214 Å². The van der Waals surface area contributed by atoms with Gasteiger partial charge in [-0.15, -0.1) is 0 Å². The Morgan fingerprint density at radius 3 is 2.73 bits per heavy atom. The molecular weight excluding hydrogens is 477 g/mol. The Hall–Kier alpha value is -3.53. The van der Waals surface area contributed by atoms with Crippen LogP contribution in [0.25, 0.3) is 22.3 Å². The van der Waals surface area contributed by atoms with Gasteiger partial charge in [-0.05, 0) is 69.1 Å². The lowest BCUT2D eigenvalue weighted by molar-refractivity contribution is -0.124. The normalized spacial score (nSPS) is 21.6. The van der Waals surface area contributed by atoms with Crippen LogP contribution in [0.3, 0.4) is 0 Å². The topological polar surface area (TPSA) is 129 Å². The zero-order chi connectivity index (χ0) is 26.1. The van der Waals surface area contributed by atoms with Gasteiger partial charge in [0.1, 0.15) is 35.7 Å². The number of carbonyl (C=O) groups excluding carboxylic acids is 2. The van der Waals surface area contributed by atoms with Gasteiger partial charge in [0, 0.05) is 23.3 Å². The molecule has 2 aromatic heterocycles. The number of benzene rings is 1. The number of nitrogens with zero attached hydrogens (tertiary/aromatic N) is 2. The molecule has 0 saturated heterocycles. The molecule has 3 atom stereocenters. The summed E-state index contributed by atoms with van der Waals surface area (Å²) in [5.41, 5.74) is 3.08. The van der Waals surface area contributed by atoms with Gasteiger partial charge in [0.2, 0.25) is 5.91 Å². The van der Waals surface area contributed by atoms with Gasteiger partial charge in [-0.1, -0.05) is 6.92 Å². The number of aliphatic hydroxyl groups excluding tert-OH is 1. The number of aromatic amines is 1. The second-order valence-electron chi connectivity index (χ2n) is 10.3. The van der Waals surface area contributed by atoms with E-state index in [0.717, 1.165) is 12.8 Å². The highest BCUT2D eigenvalue weighted by Gasteiger charge is 2.31. The van der Waals surface area contributed by atoms with Crippen molar-refractivity contribution in [1.29, 1.82) is 0 Å². The molecule has 0 aliphatic heterocycles. The van der Waals surface area contributed by atoms with Crippen LogP contribution in [-0.4, -0.2) is 57.2 Å². The first-order valence-electron chi connectivity index (χ1n) is 12.8. The first-order valence-corrected chi connectivity index (χ1v) is 12.8. The summed E-state index contributed by atoms with van der Waals surface area (Å²) in [6.45, 7) is 3.89. The third-order valence-corrected chi connectivity index (χ3v) is 7.36. The summed E-state index contributed by atoms with van der Waals surface area (Å²) in [5.74, 6) is 0.189. The molecule has 4 N–H and O–H groups in total. The standard InChI is InChI=1S/C27H32FN5O4/c1-14-9-18(32-22(35)11-34)6-7-20(14)33-27(36)23-15(2)31-26-24(29-13-30-25(23)26)19-10-17(28)5-8-21(19)37-12-16-3-4-16/h5,8,10,13-14,16,18,20,31,34H,3-4,6-7,9,11-12H2,1-2H3,(H,32,35)(H,33,36). The summed E-state index contributed by atoms with van der Waals surface area (Å²) in [6, 6.07) is 4.30. The summed E-state index contributed by atoms with van der Waals surface area (Å²) in [7, 11) is 0. The number of H-pyrrole nitrogens is 1. The molecule has 2 amide bonds. The maximum absolute atomic E-state index is 14.3. The van der Waals surface area contributed by atoms with Gasteiger partial charge in [-0.3, -0.25) is 9.59 Å². The second kappa shape index (κ2) is 10.5. The molecule has 2 saturated carbocycles. The summed E-state index contributed by atoms with van der Waals surface area (Å²) >= 11 is 0. The van der Waals surface area contributed by atoms with Crippen LogP contribution in [0.15, 0.2) is 24.5 Å². The zero-order valence-electron chi connectivity index (χ0n) is 21.0. The molecule has 2 heterocycles. The van der Waals surface area contributed by atoms with E-state index in [2.05, 4.69) is 25.6 Å². The Morgan fingerprint density at radius 2 is 2.00 bits per heavy atom. The van der Waals surface area contributed by atoms with Gasteiger partial charge < -0.3 is 25.5 Å². The number of ether oxygens (including phenoxy) is 1. The Bertz CT molecular complexity index is 1320. The number of fused-ring (bicyclic) bond motifs is 1. The van der Waals surface area contributed by atoms with Crippen LogP contribution in [0.2, 0.25) is 0 Å². The van der Waals surface area contributed by atoms with E-state index in [9.17, 15) is 14.0 Å². The highest BCUT2D eigenvalue weighted by molar-refractivity contribution is 6.09. The molecule has 2 fully saturated rings. The molecule has 3 aromatic rings. The number of hydrogen-bond acceptors (Lipinski definition) is 6. The smallest absolute Gasteiger partial charge is 0.255 e. The highest BCUT2D eigenvalue weighted by atomic mass is 19.1. The minimum atomic E-state index is -0.529. The number of hydrogen-bond donors (Lipinski definition) is 4. The third kappa shape index (κ3) is 5.44. The number of rotatable bonds is 8. The lowest BCUT2D eigenvalue weighted by Gasteiger charge is -2.35. The van der Waals surface area contributed by atoms with E-state index in [4.69, 9.17) is 9.84 Å². The van der Waals surface area contributed by atoms with Gasteiger partial charge in [-0.2, -0.15) is 0 Å². The van der Waals surface area contributed by atoms with Crippen LogP contribution in [0, 0.1) is 24.6 Å². The SMILES string of the molecule is Cc1[nH]c2c(-c3cc(F)ccc3OCC3CC3)ncnc2c1C(=O)NC1CCC(NC(=O)CO)CC1C. The zero-order valence-corrected chi connectivity index (χ0v) is 21.0. The molecule has 9 nitrogen and oxygen atoms in total. The summed E-state index contributed by atoms with van der Waals surface area (Å²) in [5, 5.41) is 15.0. The number of amides is 2. The van der Waals surface area contributed by atoms with Crippen LogP contribution >= 0.6 is 0 Å². The number of aromatic nitrogens is 3. The molecule has 37 heavy (non-hydrogen) atoms. The summed E-state index contributed by atoms with van der Waals surface area (Å²) in [6.07, 6.45) is 5.79. The van der Waals surface area contributed by atoms with Crippen molar-refractivity contribution in [1.82, 2.24) is 25.6 Å². The van der Waals surface area contributed by atoms with Crippen molar-refractivity contribution in [2.24, 2.45) is 11.8 Å². The Morgan fingerprint density at radius 1 is 1.19 bits per heavy atom. The van der Waals surface area contributed by atoms with Crippen LogP contribution in [0.1, 0.15) is 55.1 Å². The van der Waals surface area contributed by atoms with Gasteiger partial charge >= 0.3 is 0 Å². The van der Waals surface area contributed by atoms with Crippen LogP contribution < -0.4 is 15.4 Å². The van der Waals surface area contributed by atoms with E-state index in [1.165, 1.54) is 18.5 Å². The maximum atomic E-state index is 14.3. The lowest BCUT2D eigenvalue weighted by Crippen LogP contribution is -2.48. The van der Waals surface area contributed by atoms with Crippen molar-refractivity contribution in [3.63, 3.8) is 0 Å². The van der Waals surface area contributed by atoms with Crippen LogP contribution in [0.4, 0.5) is 4.39 Å². The van der Waals surface area contributed by atoms with Gasteiger partial charge in [0.25, 0.3) is 5.91 Å². The average Bonchev–Trinajstić information content (AvgIpc) is 3.64. The fourth-order valence-electron chi connectivity index (χ4n) is 5.16. The molecule has 5 rings (SSSR count). The van der Waals surface area contributed by atoms with Crippen molar-refractivity contribution in [2.75, 3.05) is 13.2 Å². The molecular formula is C27H32FN5O4. The first-order chi connectivity index (χ1) is 17.8. The molecule has 1 aromatic carbocycles. The van der Waals surface area contributed by atoms with E-state index in [-0.39, 0.29) is 29.8 Å². The predicted octanol–water partition coefficient (Wildman–Crippen LogP) is 3.26. The van der Waals surface area contributed by atoms with E-state index in [1.54, 1.807) is 13.0 Å². The number of carbonyl (C=O) groups is 2. The monoisotopic (exact) mass is 509 g/mol. The first kappa shape index (κ1) is 25.1. The van der Waals surface area contributed by atoms with Crippen LogP contribution in [0.5, 0.6) is 5.75 Å². The summed E-state index contributed by atoms with van der Waals surface area (Å²) in [4.78, 5) is 37.0. The fraction of sp³-hybridized carbons (Fsp3) is 0.481. The van der Waals surface area contributed by atoms with Crippen molar-refractivity contribution >= 4 is 22.8 Å². The predicted molar refractivity (Wildman–Crippen MR) is 136 cm³/mol. The molecule has 0 radical (unpaired) electrons. The van der Waals surface area contributed by atoms with E-state index in [0.29, 0.717) is 71.1 Å². The Balaban J connectivity index is 1.39.